The van der Waals surface area contributed by atoms with Gasteiger partial charge in [0.25, 0.3) is 0 Å². The highest BCUT2D eigenvalue weighted by atomic mass is 16.5. The van der Waals surface area contributed by atoms with Crippen molar-refractivity contribution in [1.82, 2.24) is 0 Å². The predicted molar refractivity (Wildman–Crippen MR) is 80.2 cm³/mol. The summed E-state index contributed by atoms with van der Waals surface area (Å²) >= 11 is 0. The maximum Gasteiger partial charge on any atom is 0.341 e. The van der Waals surface area contributed by atoms with Gasteiger partial charge in [0, 0.05) is 12.5 Å². The maximum atomic E-state index is 12.0. The van der Waals surface area contributed by atoms with Crippen LogP contribution in [0.1, 0.15) is 27.2 Å². The van der Waals surface area contributed by atoms with Crippen LogP contribution in [0.15, 0.2) is 24.3 Å². The SMILES string of the molecule is CC(C)(C)C(N)CC(=O)Nc1ccccc1OCC(=O)O. The molecule has 1 rings (SSSR count). The van der Waals surface area contributed by atoms with E-state index in [1.807, 2.05) is 20.8 Å². The highest BCUT2D eigenvalue weighted by Crippen LogP contribution is 2.25. The van der Waals surface area contributed by atoms with Gasteiger partial charge in [0.2, 0.25) is 5.91 Å². The number of carbonyl (C=O) groups excluding carboxylic acids is 1. The third-order valence-corrected chi connectivity index (χ3v) is 3.03. The highest BCUT2D eigenvalue weighted by molar-refractivity contribution is 5.92. The lowest BCUT2D eigenvalue weighted by molar-refractivity contribution is -0.139. The van der Waals surface area contributed by atoms with Crippen molar-refractivity contribution in [2.45, 2.75) is 33.2 Å². The normalized spacial score (nSPS) is 12.6. The number of para-hydroxylation sites is 2. The lowest BCUT2D eigenvalue weighted by atomic mass is 9.85. The van der Waals surface area contributed by atoms with Crippen molar-refractivity contribution < 1.29 is 19.4 Å². The molecule has 6 nitrogen and oxygen atoms in total. The van der Waals surface area contributed by atoms with Gasteiger partial charge in [0.1, 0.15) is 5.75 Å². The van der Waals surface area contributed by atoms with Crippen LogP contribution in [-0.2, 0) is 9.59 Å². The molecule has 0 aliphatic carbocycles. The lowest BCUT2D eigenvalue weighted by Gasteiger charge is -2.26. The summed E-state index contributed by atoms with van der Waals surface area (Å²) in [5.74, 6) is -0.993. The minimum atomic E-state index is -1.08. The Kier molecular flexibility index (Phi) is 5.72. The van der Waals surface area contributed by atoms with Crippen LogP contribution in [0.5, 0.6) is 5.75 Å². The van der Waals surface area contributed by atoms with Crippen molar-refractivity contribution in [3.8, 4) is 5.75 Å². The second-order valence-electron chi connectivity index (χ2n) is 5.90. The smallest absolute Gasteiger partial charge is 0.341 e. The number of anilines is 1. The van der Waals surface area contributed by atoms with E-state index in [-0.39, 0.29) is 23.8 Å². The Hall–Kier alpha value is -2.08. The van der Waals surface area contributed by atoms with Crippen LogP contribution in [0, 0.1) is 5.41 Å². The fourth-order valence-electron chi connectivity index (χ4n) is 1.54. The monoisotopic (exact) mass is 294 g/mol. The van der Waals surface area contributed by atoms with E-state index in [9.17, 15) is 9.59 Å². The fraction of sp³-hybridized carbons (Fsp3) is 0.467. The Labute approximate surface area is 124 Å². The molecule has 1 aromatic rings. The number of carbonyl (C=O) groups is 2. The first kappa shape index (κ1) is 17.0. The predicted octanol–water partition coefficient (Wildman–Crippen LogP) is 1.85. The maximum absolute atomic E-state index is 12.0. The number of nitrogens with two attached hydrogens (primary N) is 1. The Bertz CT molecular complexity index is 509. The molecule has 0 saturated carbocycles. The molecule has 0 heterocycles. The van der Waals surface area contributed by atoms with E-state index in [0.29, 0.717) is 11.4 Å². The summed E-state index contributed by atoms with van der Waals surface area (Å²) in [7, 11) is 0. The number of benzene rings is 1. The van der Waals surface area contributed by atoms with Crippen molar-refractivity contribution in [3.63, 3.8) is 0 Å². The lowest BCUT2D eigenvalue weighted by Crippen LogP contribution is -2.38. The third kappa shape index (κ3) is 5.83. The van der Waals surface area contributed by atoms with Crippen molar-refractivity contribution in [2.75, 3.05) is 11.9 Å². The van der Waals surface area contributed by atoms with E-state index in [1.54, 1.807) is 24.3 Å². The zero-order chi connectivity index (χ0) is 16.0. The van der Waals surface area contributed by atoms with Crippen LogP contribution < -0.4 is 15.8 Å². The molecule has 0 bridgehead atoms. The van der Waals surface area contributed by atoms with Crippen LogP contribution in [0.4, 0.5) is 5.69 Å². The number of aliphatic carboxylic acids is 1. The molecule has 0 saturated heterocycles. The molecule has 116 valence electrons. The summed E-state index contributed by atoms with van der Waals surface area (Å²) in [4.78, 5) is 22.5. The number of ether oxygens (including phenoxy) is 1. The van der Waals surface area contributed by atoms with Gasteiger partial charge in [0.15, 0.2) is 6.61 Å². The average molecular weight is 294 g/mol. The van der Waals surface area contributed by atoms with E-state index in [4.69, 9.17) is 15.6 Å². The standard InChI is InChI=1S/C15H22N2O4/c1-15(2,3)12(16)8-13(18)17-10-6-4-5-7-11(10)21-9-14(19)20/h4-7,12H,8-9,16H2,1-3H3,(H,17,18)(H,19,20). The molecular weight excluding hydrogens is 272 g/mol. The molecule has 0 aliphatic rings. The van der Waals surface area contributed by atoms with Gasteiger partial charge in [0.05, 0.1) is 5.69 Å². The summed E-state index contributed by atoms with van der Waals surface area (Å²) < 4.78 is 5.13. The van der Waals surface area contributed by atoms with Gasteiger partial charge in [-0.2, -0.15) is 0 Å². The average Bonchev–Trinajstić information content (AvgIpc) is 2.36. The molecule has 0 fully saturated rings. The molecule has 0 spiro atoms. The summed E-state index contributed by atoms with van der Waals surface area (Å²) in [6.07, 6.45) is 0.177. The van der Waals surface area contributed by atoms with Crippen molar-refractivity contribution in [1.29, 1.82) is 0 Å². The van der Waals surface area contributed by atoms with Gasteiger partial charge >= 0.3 is 5.97 Å². The zero-order valence-electron chi connectivity index (χ0n) is 12.6. The molecule has 21 heavy (non-hydrogen) atoms. The molecular formula is C15H22N2O4. The van der Waals surface area contributed by atoms with E-state index in [1.165, 1.54) is 0 Å². The molecule has 1 atom stereocenters. The number of hydrogen-bond acceptors (Lipinski definition) is 4. The zero-order valence-corrected chi connectivity index (χ0v) is 12.6. The fourth-order valence-corrected chi connectivity index (χ4v) is 1.54. The molecule has 0 radical (unpaired) electrons. The second kappa shape index (κ2) is 7.08. The number of carboxylic acid groups (broad SMARTS) is 1. The van der Waals surface area contributed by atoms with E-state index >= 15 is 0 Å². The summed E-state index contributed by atoms with van der Waals surface area (Å²) in [6, 6.07) is 6.41. The molecule has 0 aliphatic heterocycles. The van der Waals surface area contributed by atoms with Gasteiger partial charge in [-0.1, -0.05) is 32.9 Å². The summed E-state index contributed by atoms with van der Waals surface area (Å²) in [5.41, 5.74) is 6.24. The molecule has 1 aromatic carbocycles. The van der Waals surface area contributed by atoms with Crippen LogP contribution in [0.2, 0.25) is 0 Å². The number of rotatable bonds is 6. The molecule has 1 unspecified atom stereocenters. The molecule has 6 heteroatoms. The minimum Gasteiger partial charge on any atom is -0.480 e. The van der Waals surface area contributed by atoms with Crippen molar-refractivity contribution in [3.05, 3.63) is 24.3 Å². The second-order valence-corrected chi connectivity index (χ2v) is 5.90. The highest BCUT2D eigenvalue weighted by Gasteiger charge is 2.23. The first-order valence-electron chi connectivity index (χ1n) is 6.69. The molecule has 4 N–H and O–H groups in total. The van der Waals surface area contributed by atoms with Crippen LogP contribution >= 0.6 is 0 Å². The van der Waals surface area contributed by atoms with E-state index in [2.05, 4.69) is 5.32 Å². The van der Waals surface area contributed by atoms with Crippen LogP contribution in [-0.4, -0.2) is 29.6 Å². The summed E-state index contributed by atoms with van der Waals surface area (Å²) in [6.45, 7) is 5.44. The van der Waals surface area contributed by atoms with E-state index < -0.39 is 12.6 Å². The summed E-state index contributed by atoms with van der Waals surface area (Å²) in [5, 5.41) is 11.3. The van der Waals surface area contributed by atoms with Gasteiger partial charge in [-0.25, -0.2) is 4.79 Å². The van der Waals surface area contributed by atoms with Gasteiger partial charge in [-0.05, 0) is 17.5 Å². The van der Waals surface area contributed by atoms with Crippen molar-refractivity contribution in [2.24, 2.45) is 11.1 Å². The number of hydrogen-bond donors (Lipinski definition) is 3. The van der Waals surface area contributed by atoms with Gasteiger partial charge in [-0.3, -0.25) is 4.79 Å². The third-order valence-electron chi connectivity index (χ3n) is 3.03. The van der Waals surface area contributed by atoms with Crippen molar-refractivity contribution >= 4 is 17.6 Å². The Morgan fingerprint density at radius 1 is 1.33 bits per heavy atom. The van der Waals surface area contributed by atoms with E-state index in [0.717, 1.165) is 0 Å². The largest absolute Gasteiger partial charge is 0.480 e. The molecule has 1 amide bonds. The Morgan fingerprint density at radius 2 is 1.95 bits per heavy atom. The quantitative estimate of drug-likeness (QED) is 0.743. The first-order valence-corrected chi connectivity index (χ1v) is 6.69. The number of carboxylic acids is 1. The van der Waals surface area contributed by atoms with Gasteiger partial charge in [-0.15, -0.1) is 0 Å². The number of amides is 1. The topological polar surface area (TPSA) is 102 Å². The van der Waals surface area contributed by atoms with Crippen LogP contribution in [0.25, 0.3) is 0 Å². The Morgan fingerprint density at radius 3 is 2.52 bits per heavy atom. The Balaban J connectivity index is 2.70. The number of nitrogens with one attached hydrogen (secondary N) is 1. The first-order chi connectivity index (χ1) is 9.70. The molecule has 0 aromatic heterocycles. The van der Waals surface area contributed by atoms with Crippen LogP contribution in [0.3, 0.4) is 0 Å². The van der Waals surface area contributed by atoms with Gasteiger partial charge < -0.3 is 20.9 Å². The minimum absolute atomic E-state index is 0.170.